The Bertz CT molecular complexity index is 774. The van der Waals surface area contributed by atoms with Crippen molar-refractivity contribution in [3.8, 4) is 11.5 Å². The van der Waals surface area contributed by atoms with Crippen LogP contribution in [0.5, 0.6) is 0 Å². The Kier molecular flexibility index (Phi) is 4.76. The second-order valence-corrected chi connectivity index (χ2v) is 7.69. The Labute approximate surface area is 153 Å². The van der Waals surface area contributed by atoms with Crippen molar-refractivity contribution in [3.63, 3.8) is 0 Å². The van der Waals surface area contributed by atoms with Crippen LogP contribution in [0.25, 0.3) is 11.5 Å². The molecule has 1 amide bonds. The second kappa shape index (κ2) is 7.19. The minimum atomic E-state index is -0.464. The lowest BCUT2D eigenvalue weighted by Gasteiger charge is -2.20. The maximum absolute atomic E-state index is 12.5. The summed E-state index contributed by atoms with van der Waals surface area (Å²) in [6.07, 6.45) is 9.47. The molecule has 2 fully saturated rings. The molecular weight excluding hydrogens is 328 g/mol. The van der Waals surface area contributed by atoms with Gasteiger partial charge in [-0.2, -0.15) is 4.98 Å². The van der Waals surface area contributed by atoms with Crippen molar-refractivity contribution in [2.75, 3.05) is 5.32 Å². The Balaban J connectivity index is 1.49. The molecule has 0 atom stereocenters. The van der Waals surface area contributed by atoms with Gasteiger partial charge in [0.05, 0.1) is 5.54 Å². The van der Waals surface area contributed by atoms with Crippen LogP contribution < -0.4 is 11.1 Å². The first-order chi connectivity index (χ1) is 12.6. The van der Waals surface area contributed by atoms with E-state index in [1.54, 1.807) is 0 Å². The van der Waals surface area contributed by atoms with E-state index in [0.717, 1.165) is 62.6 Å². The summed E-state index contributed by atoms with van der Waals surface area (Å²) in [4.78, 5) is 17.0. The van der Waals surface area contributed by atoms with E-state index in [4.69, 9.17) is 10.3 Å². The highest BCUT2D eigenvalue weighted by Crippen LogP contribution is 2.35. The molecule has 0 aliphatic heterocycles. The van der Waals surface area contributed by atoms with Crippen LogP contribution in [0.2, 0.25) is 0 Å². The standard InChI is InChI=1S/C20H26N4O2/c21-20(11-4-5-12-20)19-23-18(26-24-19)15-9-6-10-16(13-15)22-17(25)14-7-2-1-3-8-14/h6,9-10,13-14H,1-5,7-8,11-12,21H2,(H,22,25). The van der Waals surface area contributed by atoms with Crippen LogP contribution in [-0.4, -0.2) is 16.0 Å². The van der Waals surface area contributed by atoms with Gasteiger partial charge in [0.1, 0.15) is 0 Å². The molecule has 0 saturated heterocycles. The summed E-state index contributed by atoms with van der Waals surface area (Å²) in [7, 11) is 0. The molecule has 138 valence electrons. The number of hydrogen-bond donors (Lipinski definition) is 2. The minimum Gasteiger partial charge on any atom is -0.334 e. The molecule has 26 heavy (non-hydrogen) atoms. The van der Waals surface area contributed by atoms with E-state index in [1.165, 1.54) is 6.42 Å². The van der Waals surface area contributed by atoms with Gasteiger partial charge in [0.25, 0.3) is 5.89 Å². The summed E-state index contributed by atoms with van der Waals surface area (Å²) in [6.45, 7) is 0. The predicted molar refractivity (Wildman–Crippen MR) is 99.3 cm³/mol. The molecule has 0 spiro atoms. The van der Waals surface area contributed by atoms with Gasteiger partial charge in [0, 0.05) is 17.2 Å². The van der Waals surface area contributed by atoms with Gasteiger partial charge in [0.15, 0.2) is 5.82 Å². The maximum atomic E-state index is 12.5. The highest BCUT2D eigenvalue weighted by molar-refractivity contribution is 5.93. The number of rotatable bonds is 4. The number of nitrogens with zero attached hydrogens (tertiary/aromatic N) is 2. The van der Waals surface area contributed by atoms with E-state index in [1.807, 2.05) is 24.3 Å². The van der Waals surface area contributed by atoms with E-state index >= 15 is 0 Å². The van der Waals surface area contributed by atoms with Crippen LogP contribution in [0.1, 0.15) is 63.6 Å². The number of hydrogen-bond acceptors (Lipinski definition) is 5. The molecule has 0 unspecified atom stereocenters. The monoisotopic (exact) mass is 354 g/mol. The van der Waals surface area contributed by atoms with E-state index < -0.39 is 5.54 Å². The molecule has 2 saturated carbocycles. The third kappa shape index (κ3) is 3.51. The van der Waals surface area contributed by atoms with Crippen molar-refractivity contribution in [2.24, 2.45) is 11.7 Å². The third-order valence-electron chi connectivity index (χ3n) is 5.72. The molecule has 2 aliphatic rings. The van der Waals surface area contributed by atoms with Crippen molar-refractivity contribution in [1.82, 2.24) is 10.1 Å². The maximum Gasteiger partial charge on any atom is 0.258 e. The zero-order chi connectivity index (χ0) is 18.0. The average Bonchev–Trinajstić information content (AvgIpc) is 3.33. The summed E-state index contributed by atoms with van der Waals surface area (Å²) in [5.41, 5.74) is 7.51. The normalized spacial score (nSPS) is 20.2. The van der Waals surface area contributed by atoms with Crippen molar-refractivity contribution in [2.45, 2.75) is 63.3 Å². The van der Waals surface area contributed by atoms with Crippen LogP contribution >= 0.6 is 0 Å². The third-order valence-corrected chi connectivity index (χ3v) is 5.72. The predicted octanol–water partition coefficient (Wildman–Crippen LogP) is 3.98. The Hall–Kier alpha value is -2.21. The lowest BCUT2D eigenvalue weighted by atomic mass is 9.88. The molecule has 2 aliphatic carbocycles. The summed E-state index contributed by atoms with van der Waals surface area (Å²) in [5.74, 6) is 1.27. The number of carbonyl (C=O) groups excluding carboxylic acids is 1. The van der Waals surface area contributed by atoms with Crippen molar-refractivity contribution >= 4 is 11.6 Å². The molecule has 1 aromatic heterocycles. The fourth-order valence-corrected chi connectivity index (χ4v) is 4.11. The quantitative estimate of drug-likeness (QED) is 0.866. The first-order valence-corrected chi connectivity index (χ1v) is 9.68. The molecule has 0 bridgehead atoms. The van der Waals surface area contributed by atoms with Crippen LogP contribution in [0.4, 0.5) is 5.69 Å². The summed E-state index contributed by atoms with van der Waals surface area (Å²) in [5, 5.41) is 7.15. The summed E-state index contributed by atoms with van der Waals surface area (Å²) in [6, 6.07) is 7.58. The smallest absolute Gasteiger partial charge is 0.258 e. The van der Waals surface area contributed by atoms with Crippen molar-refractivity contribution < 1.29 is 9.32 Å². The van der Waals surface area contributed by atoms with Crippen LogP contribution in [0.15, 0.2) is 28.8 Å². The Morgan fingerprint density at radius 2 is 1.92 bits per heavy atom. The van der Waals surface area contributed by atoms with Crippen molar-refractivity contribution in [3.05, 3.63) is 30.1 Å². The number of anilines is 1. The molecule has 6 heteroatoms. The zero-order valence-corrected chi connectivity index (χ0v) is 15.0. The highest BCUT2D eigenvalue weighted by atomic mass is 16.5. The van der Waals surface area contributed by atoms with E-state index in [0.29, 0.717) is 11.7 Å². The van der Waals surface area contributed by atoms with Gasteiger partial charge in [-0.15, -0.1) is 0 Å². The van der Waals surface area contributed by atoms with Crippen LogP contribution in [0.3, 0.4) is 0 Å². The number of nitrogens with one attached hydrogen (secondary N) is 1. The van der Waals surface area contributed by atoms with Crippen LogP contribution in [0, 0.1) is 5.92 Å². The largest absolute Gasteiger partial charge is 0.334 e. The lowest BCUT2D eigenvalue weighted by molar-refractivity contribution is -0.120. The van der Waals surface area contributed by atoms with E-state index in [-0.39, 0.29) is 11.8 Å². The number of amides is 1. The van der Waals surface area contributed by atoms with Gasteiger partial charge in [0.2, 0.25) is 5.91 Å². The molecule has 1 heterocycles. The van der Waals surface area contributed by atoms with Gasteiger partial charge < -0.3 is 15.6 Å². The first-order valence-electron chi connectivity index (χ1n) is 9.68. The van der Waals surface area contributed by atoms with Gasteiger partial charge in [-0.05, 0) is 43.9 Å². The molecule has 2 aromatic rings. The Morgan fingerprint density at radius 3 is 2.69 bits per heavy atom. The number of benzene rings is 1. The summed E-state index contributed by atoms with van der Waals surface area (Å²) >= 11 is 0. The number of carbonyl (C=O) groups is 1. The molecule has 1 aromatic carbocycles. The van der Waals surface area contributed by atoms with Crippen LogP contribution in [-0.2, 0) is 10.3 Å². The highest BCUT2D eigenvalue weighted by Gasteiger charge is 2.36. The lowest BCUT2D eigenvalue weighted by Crippen LogP contribution is -2.34. The second-order valence-electron chi connectivity index (χ2n) is 7.69. The van der Waals surface area contributed by atoms with E-state index in [9.17, 15) is 4.79 Å². The first kappa shape index (κ1) is 17.2. The van der Waals surface area contributed by atoms with Gasteiger partial charge in [-0.25, -0.2) is 0 Å². The molecular formula is C20H26N4O2. The molecule has 0 radical (unpaired) electrons. The number of nitrogens with two attached hydrogens (primary N) is 1. The van der Waals surface area contributed by atoms with E-state index in [2.05, 4.69) is 15.5 Å². The molecule has 4 rings (SSSR count). The minimum absolute atomic E-state index is 0.111. The number of aromatic nitrogens is 2. The van der Waals surface area contributed by atoms with Crippen molar-refractivity contribution in [1.29, 1.82) is 0 Å². The topological polar surface area (TPSA) is 94.0 Å². The molecule has 3 N–H and O–H groups in total. The van der Waals surface area contributed by atoms with Gasteiger partial charge in [-0.3, -0.25) is 4.79 Å². The summed E-state index contributed by atoms with van der Waals surface area (Å²) < 4.78 is 5.45. The fraction of sp³-hybridized carbons (Fsp3) is 0.550. The Morgan fingerprint density at radius 1 is 1.15 bits per heavy atom. The average molecular weight is 354 g/mol. The SMILES string of the molecule is NC1(c2noc(-c3cccc(NC(=O)C4CCCCC4)c3)n2)CCCC1. The van der Waals surface area contributed by atoms with Gasteiger partial charge in [-0.1, -0.05) is 43.3 Å². The van der Waals surface area contributed by atoms with Gasteiger partial charge >= 0.3 is 0 Å². The zero-order valence-electron chi connectivity index (χ0n) is 15.0. The molecule has 6 nitrogen and oxygen atoms in total. The fourth-order valence-electron chi connectivity index (χ4n) is 4.11.